The van der Waals surface area contributed by atoms with E-state index in [1.807, 2.05) is 0 Å². The van der Waals surface area contributed by atoms with Crippen LogP contribution in [0.15, 0.2) is 0 Å². The average Bonchev–Trinajstić information content (AvgIpc) is 2.78. The van der Waals surface area contributed by atoms with Gasteiger partial charge in [-0.05, 0) is 37.8 Å². The summed E-state index contributed by atoms with van der Waals surface area (Å²) in [6.45, 7) is 5.74. The van der Waals surface area contributed by atoms with Gasteiger partial charge in [0.2, 0.25) is 0 Å². The van der Waals surface area contributed by atoms with Gasteiger partial charge in [0.05, 0.1) is 5.60 Å². The molecule has 3 aliphatic rings. The lowest BCUT2D eigenvalue weighted by atomic mass is 9.84. The predicted octanol–water partition coefficient (Wildman–Crippen LogP) is 0.833. The van der Waals surface area contributed by atoms with Crippen LogP contribution in [-0.4, -0.2) is 48.3 Å². The number of nitrogens with one attached hydrogen (secondary N) is 1. The molecule has 1 saturated carbocycles. The first-order chi connectivity index (χ1) is 7.75. The molecule has 2 heterocycles. The van der Waals surface area contributed by atoms with Crippen molar-refractivity contribution in [3.05, 3.63) is 0 Å². The lowest BCUT2D eigenvalue weighted by Crippen LogP contribution is -2.44. The standard InChI is InChI=1S/C13H24N2O/c16-13(4-2-1-3-5-13)10-15-8-11-6-14-7-12(11)9-15/h11-12,14,16H,1-10H2. The van der Waals surface area contributed by atoms with Crippen LogP contribution in [0.2, 0.25) is 0 Å². The summed E-state index contributed by atoms with van der Waals surface area (Å²) in [4.78, 5) is 2.52. The molecule has 3 rings (SSSR count). The molecular formula is C13H24N2O. The molecule has 0 aromatic carbocycles. The first-order valence-corrected chi connectivity index (χ1v) is 6.91. The second-order valence-electron chi connectivity index (χ2n) is 6.16. The van der Waals surface area contributed by atoms with Gasteiger partial charge in [0, 0.05) is 19.6 Å². The molecule has 3 heteroatoms. The van der Waals surface area contributed by atoms with E-state index in [1.54, 1.807) is 0 Å². The van der Waals surface area contributed by atoms with E-state index in [9.17, 15) is 5.11 Å². The number of rotatable bonds is 2. The summed E-state index contributed by atoms with van der Waals surface area (Å²) in [6, 6.07) is 0. The average molecular weight is 224 g/mol. The van der Waals surface area contributed by atoms with Crippen LogP contribution in [0.3, 0.4) is 0 Å². The molecule has 0 aromatic heterocycles. The van der Waals surface area contributed by atoms with Crippen LogP contribution < -0.4 is 5.32 Å². The molecule has 3 nitrogen and oxygen atoms in total. The molecule has 2 atom stereocenters. The number of likely N-dealkylation sites (tertiary alicyclic amines) is 1. The highest BCUT2D eigenvalue weighted by Gasteiger charge is 2.39. The minimum atomic E-state index is -0.357. The molecule has 16 heavy (non-hydrogen) atoms. The van der Waals surface area contributed by atoms with Gasteiger partial charge in [-0.1, -0.05) is 19.3 Å². The molecule has 2 saturated heterocycles. The number of fused-ring (bicyclic) bond motifs is 1. The van der Waals surface area contributed by atoms with E-state index in [2.05, 4.69) is 10.2 Å². The quantitative estimate of drug-likeness (QED) is 0.729. The van der Waals surface area contributed by atoms with E-state index in [0.29, 0.717) is 0 Å². The molecule has 0 bridgehead atoms. The fraction of sp³-hybridized carbons (Fsp3) is 1.00. The topological polar surface area (TPSA) is 35.5 Å². The Hall–Kier alpha value is -0.120. The molecule has 3 fully saturated rings. The number of hydrogen-bond acceptors (Lipinski definition) is 3. The second kappa shape index (κ2) is 4.28. The number of aliphatic hydroxyl groups is 1. The first kappa shape index (κ1) is 11.0. The normalized spacial score (nSPS) is 38.8. The zero-order valence-electron chi connectivity index (χ0n) is 10.1. The summed E-state index contributed by atoms with van der Waals surface area (Å²) in [5.41, 5.74) is -0.357. The minimum absolute atomic E-state index is 0.357. The zero-order chi connectivity index (χ0) is 11.0. The van der Waals surface area contributed by atoms with Gasteiger partial charge in [-0.15, -0.1) is 0 Å². The number of nitrogens with zero attached hydrogens (tertiary/aromatic N) is 1. The third kappa shape index (κ3) is 2.13. The number of β-amino-alcohol motifs (C(OH)–C–C–N with tert-alkyl or cyclic N) is 1. The van der Waals surface area contributed by atoms with E-state index in [4.69, 9.17) is 0 Å². The molecule has 0 spiro atoms. The maximum Gasteiger partial charge on any atom is 0.0774 e. The maximum absolute atomic E-state index is 10.5. The van der Waals surface area contributed by atoms with Crippen molar-refractivity contribution in [2.45, 2.75) is 37.7 Å². The van der Waals surface area contributed by atoms with E-state index in [-0.39, 0.29) is 5.60 Å². The number of hydrogen-bond donors (Lipinski definition) is 2. The lowest BCUT2D eigenvalue weighted by Gasteiger charge is -2.35. The summed E-state index contributed by atoms with van der Waals surface area (Å²) in [7, 11) is 0. The van der Waals surface area contributed by atoms with Gasteiger partial charge >= 0.3 is 0 Å². The Morgan fingerprint density at radius 1 is 1.06 bits per heavy atom. The highest BCUT2D eigenvalue weighted by atomic mass is 16.3. The van der Waals surface area contributed by atoms with Gasteiger partial charge < -0.3 is 10.4 Å². The summed E-state index contributed by atoms with van der Waals surface area (Å²) in [5.74, 6) is 1.71. The van der Waals surface area contributed by atoms with Gasteiger partial charge in [0.15, 0.2) is 0 Å². The van der Waals surface area contributed by atoms with Crippen LogP contribution in [0.1, 0.15) is 32.1 Å². The Kier molecular flexibility index (Phi) is 2.94. The van der Waals surface area contributed by atoms with E-state index < -0.39 is 0 Å². The van der Waals surface area contributed by atoms with Gasteiger partial charge in [-0.3, -0.25) is 4.90 Å². The first-order valence-electron chi connectivity index (χ1n) is 6.91. The summed E-state index contributed by atoms with van der Waals surface area (Å²) in [6.07, 6.45) is 5.81. The fourth-order valence-electron chi connectivity index (χ4n) is 3.87. The fourth-order valence-corrected chi connectivity index (χ4v) is 3.87. The molecule has 2 N–H and O–H groups in total. The van der Waals surface area contributed by atoms with Gasteiger partial charge in [0.25, 0.3) is 0 Å². The molecule has 92 valence electrons. The molecule has 2 unspecified atom stereocenters. The van der Waals surface area contributed by atoms with Crippen LogP contribution in [0, 0.1) is 11.8 Å². The van der Waals surface area contributed by atoms with Crippen molar-refractivity contribution in [2.75, 3.05) is 32.7 Å². The van der Waals surface area contributed by atoms with E-state index in [1.165, 1.54) is 45.4 Å². The Balaban J connectivity index is 1.55. The zero-order valence-corrected chi connectivity index (χ0v) is 10.1. The monoisotopic (exact) mass is 224 g/mol. The molecular weight excluding hydrogens is 200 g/mol. The Morgan fingerprint density at radius 2 is 1.69 bits per heavy atom. The Labute approximate surface area is 98.2 Å². The maximum atomic E-state index is 10.5. The molecule has 0 radical (unpaired) electrons. The Bertz CT molecular complexity index is 238. The largest absolute Gasteiger partial charge is 0.389 e. The van der Waals surface area contributed by atoms with Crippen molar-refractivity contribution in [2.24, 2.45) is 11.8 Å². The summed E-state index contributed by atoms with van der Waals surface area (Å²) in [5, 5.41) is 14.0. The lowest BCUT2D eigenvalue weighted by molar-refractivity contribution is -0.0227. The minimum Gasteiger partial charge on any atom is -0.389 e. The van der Waals surface area contributed by atoms with Crippen molar-refractivity contribution in [3.63, 3.8) is 0 Å². The smallest absolute Gasteiger partial charge is 0.0774 e. The van der Waals surface area contributed by atoms with Crippen LogP contribution in [0.4, 0.5) is 0 Å². The van der Waals surface area contributed by atoms with Crippen molar-refractivity contribution >= 4 is 0 Å². The van der Waals surface area contributed by atoms with Gasteiger partial charge in [-0.2, -0.15) is 0 Å². The molecule has 1 aliphatic carbocycles. The summed E-state index contributed by atoms with van der Waals surface area (Å²) < 4.78 is 0. The van der Waals surface area contributed by atoms with Gasteiger partial charge in [-0.25, -0.2) is 0 Å². The van der Waals surface area contributed by atoms with Crippen LogP contribution >= 0.6 is 0 Å². The van der Waals surface area contributed by atoms with Crippen molar-refractivity contribution < 1.29 is 5.11 Å². The second-order valence-corrected chi connectivity index (χ2v) is 6.16. The molecule has 2 aliphatic heterocycles. The van der Waals surface area contributed by atoms with Crippen molar-refractivity contribution in [1.29, 1.82) is 0 Å². The molecule has 0 amide bonds. The highest BCUT2D eigenvalue weighted by molar-refractivity contribution is 4.94. The van der Waals surface area contributed by atoms with Crippen molar-refractivity contribution in [3.8, 4) is 0 Å². The van der Waals surface area contributed by atoms with Crippen LogP contribution in [-0.2, 0) is 0 Å². The highest BCUT2D eigenvalue weighted by Crippen LogP contribution is 2.32. The SMILES string of the molecule is OC1(CN2CC3CNCC3C2)CCCCC1. The third-order valence-electron chi connectivity index (χ3n) is 4.77. The van der Waals surface area contributed by atoms with E-state index in [0.717, 1.165) is 31.2 Å². The van der Waals surface area contributed by atoms with Crippen LogP contribution in [0.5, 0.6) is 0 Å². The summed E-state index contributed by atoms with van der Waals surface area (Å²) >= 11 is 0. The molecule has 0 aromatic rings. The third-order valence-corrected chi connectivity index (χ3v) is 4.77. The van der Waals surface area contributed by atoms with Crippen molar-refractivity contribution in [1.82, 2.24) is 10.2 Å². The predicted molar refractivity (Wildman–Crippen MR) is 64.3 cm³/mol. The van der Waals surface area contributed by atoms with Crippen LogP contribution in [0.25, 0.3) is 0 Å². The van der Waals surface area contributed by atoms with Gasteiger partial charge in [0.1, 0.15) is 0 Å². The van der Waals surface area contributed by atoms with E-state index >= 15 is 0 Å². The Morgan fingerprint density at radius 3 is 2.31 bits per heavy atom.